The van der Waals surface area contributed by atoms with Crippen molar-refractivity contribution < 1.29 is 4.79 Å². The zero-order chi connectivity index (χ0) is 9.26. The number of thioether (sulfide) groups is 1. The molecule has 2 rings (SSSR count). The number of amides is 1. The smallest absolute Gasteiger partial charge is 0.232 e. The fourth-order valence-corrected chi connectivity index (χ4v) is 3.16. The molecule has 0 spiro atoms. The summed E-state index contributed by atoms with van der Waals surface area (Å²) < 4.78 is 0. The molecule has 2 unspecified atom stereocenters. The zero-order valence-corrected chi connectivity index (χ0v) is 8.98. The molecule has 1 aliphatic carbocycles. The number of fused-ring (bicyclic) bond motifs is 1. The van der Waals surface area contributed by atoms with Crippen LogP contribution in [0, 0.1) is 5.92 Å². The van der Waals surface area contributed by atoms with Crippen LogP contribution in [0.15, 0.2) is 0 Å². The molecular weight excluding hydrogens is 182 g/mol. The lowest BCUT2D eigenvalue weighted by molar-refractivity contribution is -0.129. The topological polar surface area (TPSA) is 20.3 Å². The number of hydrogen-bond donors (Lipinski definition) is 0. The van der Waals surface area contributed by atoms with Gasteiger partial charge in [-0.15, -0.1) is 0 Å². The van der Waals surface area contributed by atoms with Gasteiger partial charge in [0.1, 0.15) is 0 Å². The van der Waals surface area contributed by atoms with E-state index in [0.29, 0.717) is 17.7 Å². The van der Waals surface area contributed by atoms with E-state index in [0.717, 1.165) is 12.5 Å². The Kier molecular flexibility index (Phi) is 2.82. The van der Waals surface area contributed by atoms with Crippen LogP contribution < -0.4 is 0 Å². The maximum atomic E-state index is 11.7. The Bertz CT molecular complexity index is 207. The van der Waals surface area contributed by atoms with Crippen molar-refractivity contribution >= 4 is 17.7 Å². The molecule has 2 fully saturated rings. The van der Waals surface area contributed by atoms with Crippen LogP contribution in [-0.2, 0) is 4.79 Å². The standard InChI is InChI=1S/C10H17NOS/c1-13-7-10(12)11-6-5-8-3-2-4-9(8)11/h8-9H,2-7H2,1H3. The van der Waals surface area contributed by atoms with E-state index in [9.17, 15) is 4.79 Å². The molecule has 74 valence electrons. The van der Waals surface area contributed by atoms with E-state index in [1.54, 1.807) is 11.8 Å². The number of hydrogen-bond acceptors (Lipinski definition) is 2. The van der Waals surface area contributed by atoms with Gasteiger partial charge in [0.25, 0.3) is 0 Å². The summed E-state index contributed by atoms with van der Waals surface area (Å²) in [6.07, 6.45) is 7.20. The van der Waals surface area contributed by atoms with Crippen molar-refractivity contribution in [1.29, 1.82) is 0 Å². The largest absolute Gasteiger partial charge is 0.339 e. The van der Waals surface area contributed by atoms with Gasteiger partial charge in [-0.05, 0) is 31.4 Å². The second kappa shape index (κ2) is 3.91. The summed E-state index contributed by atoms with van der Waals surface area (Å²) in [6, 6.07) is 0.611. The first-order valence-electron chi connectivity index (χ1n) is 5.11. The van der Waals surface area contributed by atoms with Crippen LogP contribution in [0.5, 0.6) is 0 Å². The van der Waals surface area contributed by atoms with Gasteiger partial charge in [-0.1, -0.05) is 6.42 Å². The van der Waals surface area contributed by atoms with Gasteiger partial charge < -0.3 is 4.90 Å². The minimum absolute atomic E-state index is 0.363. The summed E-state index contributed by atoms with van der Waals surface area (Å²) in [5.41, 5.74) is 0. The Labute approximate surface area is 84.1 Å². The van der Waals surface area contributed by atoms with Crippen molar-refractivity contribution in [2.75, 3.05) is 18.6 Å². The number of carbonyl (C=O) groups is 1. The van der Waals surface area contributed by atoms with Gasteiger partial charge in [0.05, 0.1) is 5.75 Å². The van der Waals surface area contributed by atoms with Gasteiger partial charge in [-0.3, -0.25) is 4.79 Å². The van der Waals surface area contributed by atoms with Crippen LogP contribution in [-0.4, -0.2) is 35.4 Å². The Morgan fingerprint density at radius 3 is 3.08 bits per heavy atom. The van der Waals surface area contributed by atoms with Gasteiger partial charge in [0.15, 0.2) is 0 Å². The summed E-state index contributed by atoms with van der Waals surface area (Å²) in [5.74, 6) is 1.87. The van der Waals surface area contributed by atoms with Crippen molar-refractivity contribution in [2.24, 2.45) is 5.92 Å². The summed E-state index contributed by atoms with van der Waals surface area (Å²) in [7, 11) is 0. The fourth-order valence-electron chi connectivity index (χ4n) is 2.75. The maximum Gasteiger partial charge on any atom is 0.232 e. The van der Waals surface area contributed by atoms with Crippen molar-refractivity contribution in [2.45, 2.75) is 31.7 Å². The monoisotopic (exact) mass is 199 g/mol. The van der Waals surface area contributed by atoms with E-state index < -0.39 is 0 Å². The van der Waals surface area contributed by atoms with E-state index >= 15 is 0 Å². The normalized spacial score (nSPS) is 32.2. The van der Waals surface area contributed by atoms with Crippen molar-refractivity contribution in [1.82, 2.24) is 4.90 Å². The van der Waals surface area contributed by atoms with Crippen LogP contribution in [0.25, 0.3) is 0 Å². The first-order valence-corrected chi connectivity index (χ1v) is 6.50. The predicted molar refractivity (Wildman–Crippen MR) is 55.8 cm³/mol. The third-order valence-electron chi connectivity index (χ3n) is 3.35. The molecule has 0 bridgehead atoms. The number of likely N-dealkylation sites (tertiary alicyclic amines) is 1. The lowest BCUT2D eigenvalue weighted by Gasteiger charge is -2.23. The minimum Gasteiger partial charge on any atom is -0.339 e. The molecule has 1 saturated heterocycles. The highest BCUT2D eigenvalue weighted by molar-refractivity contribution is 7.99. The van der Waals surface area contributed by atoms with E-state index in [2.05, 4.69) is 4.90 Å². The molecule has 0 N–H and O–H groups in total. The molecule has 13 heavy (non-hydrogen) atoms. The van der Waals surface area contributed by atoms with Crippen molar-refractivity contribution in [3.63, 3.8) is 0 Å². The first-order chi connectivity index (χ1) is 6.33. The van der Waals surface area contributed by atoms with Gasteiger partial charge in [-0.25, -0.2) is 0 Å². The molecule has 2 atom stereocenters. The average Bonchev–Trinajstić information content (AvgIpc) is 2.62. The minimum atomic E-state index is 0.363. The fraction of sp³-hybridized carbons (Fsp3) is 0.900. The number of nitrogens with zero attached hydrogens (tertiary/aromatic N) is 1. The second-order valence-electron chi connectivity index (χ2n) is 4.07. The quantitative estimate of drug-likeness (QED) is 0.675. The molecule has 3 heteroatoms. The molecule has 0 aromatic carbocycles. The van der Waals surface area contributed by atoms with Gasteiger partial charge in [0, 0.05) is 12.6 Å². The molecule has 1 aliphatic heterocycles. The Morgan fingerprint density at radius 2 is 2.31 bits per heavy atom. The Hall–Kier alpha value is -0.180. The Balaban J connectivity index is 1.96. The third-order valence-corrected chi connectivity index (χ3v) is 3.88. The highest BCUT2D eigenvalue weighted by Crippen LogP contribution is 2.37. The average molecular weight is 199 g/mol. The summed E-state index contributed by atoms with van der Waals surface area (Å²) >= 11 is 1.64. The highest BCUT2D eigenvalue weighted by Gasteiger charge is 2.39. The maximum absolute atomic E-state index is 11.7. The van der Waals surface area contributed by atoms with E-state index in [1.807, 2.05) is 6.26 Å². The van der Waals surface area contributed by atoms with Crippen LogP contribution in [0.4, 0.5) is 0 Å². The second-order valence-corrected chi connectivity index (χ2v) is 4.93. The predicted octanol–water partition coefficient (Wildman–Crippen LogP) is 1.75. The number of rotatable bonds is 2. The van der Waals surface area contributed by atoms with Crippen LogP contribution in [0.1, 0.15) is 25.7 Å². The first kappa shape index (κ1) is 9.38. The third kappa shape index (κ3) is 1.71. The van der Waals surface area contributed by atoms with Crippen molar-refractivity contribution in [3.05, 3.63) is 0 Å². The lowest BCUT2D eigenvalue weighted by Crippen LogP contribution is -2.37. The highest BCUT2D eigenvalue weighted by atomic mass is 32.2. The van der Waals surface area contributed by atoms with Crippen LogP contribution in [0.3, 0.4) is 0 Å². The van der Waals surface area contributed by atoms with E-state index in [-0.39, 0.29) is 0 Å². The molecule has 2 nitrogen and oxygen atoms in total. The molecule has 0 aromatic rings. The Morgan fingerprint density at radius 1 is 1.46 bits per heavy atom. The van der Waals surface area contributed by atoms with Gasteiger partial charge in [0.2, 0.25) is 5.91 Å². The van der Waals surface area contributed by atoms with Gasteiger partial charge >= 0.3 is 0 Å². The molecule has 0 radical (unpaired) electrons. The summed E-state index contributed by atoms with van der Waals surface area (Å²) in [6.45, 7) is 1.02. The SMILES string of the molecule is CSCC(=O)N1CCC2CCCC21. The van der Waals surface area contributed by atoms with Gasteiger partial charge in [-0.2, -0.15) is 11.8 Å². The lowest BCUT2D eigenvalue weighted by atomic mass is 10.1. The molecular formula is C10H17NOS. The molecule has 1 heterocycles. The molecule has 0 aromatic heterocycles. The molecule has 2 aliphatic rings. The van der Waals surface area contributed by atoms with Crippen molar-refractivity contribution in [3.8, 4) is 0 Å². The molecule has 1 amide bonds. The van der Waals surface area contributed by atoms with Crippen LogP contribution >= 0.6 is 11.8 Å². The van der Waals surface area contributed by atoms with Crippen LogP contribution in [0.2, 0.25) is 0 Å². The number of carbonyl (C=O) groups excluding carboxylic acids is 1. The summed E-state index contributed by atoms with van der Waals surface area (Å²) in [5, 5.41) is 0. The zero-order valence-electron chi connectivity index (χ0n) is 8.16. The van der Waals surface area contributed by atoms with E-state index in [4.69, 9.17) is 0 Å². The molecule has 1 saturated carbocycles. The summed E-state index contributed by atoms with van der Waals surface area (Å²) in [4.78, 5) is 13.8. The van der Waals surface area contributed by atoms with E-state index in [1.165, 1.54) is 25.7 Å².